The molecule has 1 aliphatic heterocycles. The lowest BCUT2D eigenvalue weighted by molar-refractivity contribution is -0.118. The van der Waals surface area contributed by atoms with Crippen LogP contribution in [0.1, 0.15) is 25.3 Å². The molecule has 1 atom stereocenters. The first kappa shape index (κ1) is 21.7. The molecule has 30 heavy (non-hydrogen) atoms. The van der Waals surface area contributed by atoms with Gasteiger partial charge in [0.05, 0.1) is 19.3 Å². The van der Waals surface area contributed by atoms with Crippen LogP contribution < -0.4 is 19.5 Å². The Morgan fingerprint density at radius 3 is 2.70 bits per heavy atom. The molecule has 6 heteroatoms. The van der Waals surface area contributed by atoms with E-state index < -0.39 is 0 Å². The fourth-order valence-corrected chi connectivity index (χ4v) is 3.12. The van der Waals surface area contributed by atoms with Gasteiger partial charge in [-0.1, -0.05) is 24.3 Å². The number of nitrogens with one attached hydrogen (secondary N) is 1. The summed E-state index contributed by atoms with van der Waals surface area (Å²) in [6.07, 6.45) is 5.23. The van der Waals surface area contributed by atoms with Crippen molar-refractivity contribution < 1.29 is 23.7 Å². The minimum Gasteiger partial charge on any atom is -0.490 e. The number of carbonyl (C=O) groups is 1. The molecule has 1 unspecified atom stereocenters. The highest BCUT2D eigenvalue weighted by molar-refractivity contribution is 5.92. The van der Waals surface area contributed by atoms with E-state index in [9.17, 15) is 4.79 Å². The van der Waals surface area contributed by atoms with Crippen LogP contribution in [0.15, 0.2) is 54.6 Å². The van der Waals surface area contributed by atoms with Crippen LogP contribution in [0.5, 0.6) is 17.2 Å². The van der Waals surface area contributed by atoms with E-state index in [0.29, 0.717) is 37.9 Å². The number of para-hydroxylation sites is 1. The molecule has 0 aromatic heterocycles. The van der Waals surface area contributed by atoms with Crippen molar-refractivity contribution in [2.45, 2.75) is 25.8 Å². The molecule has 1 N–H and O–H groups in total. The highest BCUT2D eigenvalue weighted by atomic mass is 16.5. The number of amides is 1. The summed E-state index contributed by atoms with van der Waals surface area (Å²) in [5.74, 6) is 1.97. The highest BCUT2D eigenvalue weighted by Crippen LogP contribution is 2.29. The lowest BCUT2D eigenvalue weighted by Gasteiger charge is -2.22. The number of benzene rings is 2. The number of hydrogen-bond donors (Lipinski definition) is 1. The molecule has 160 valence electrons. The minimum atomic E-state index is -0.123. The predicted molar refractivity (Wildman–Crippen MR) is 116 cm³/mol. The van der Waals surface area contributed by atoms with Crippen molar-refractivity contribution in [3.8, 4) is 17.2 Å². The third-order valence-electron chi connectivity index (χ3n) is 4.55. The van der Waals surface area contributed by atoms with Gasteiger partial charge >= 0.3 is 0 Å². The Labute approximate surface area is 177 Å². The lowest BCUT2D eigenvalue weighted by atomic mass is 10.1. The van der Waals surface area contributed by atoms with E-state index in [4.69, 9.17) is 18.9 Å². The third kappa shape index (κ3) is 7.12. The Morgan fingerprint density at radius 1 is 1.10 bits per heavy atom. The number of carbonyl (C=O) groups excluding carboxylic acids is 1. The summed E-state index contributed by atoms with van der Waals surface area (Å²) < 4.78 is 22.6. The highest BCUT2D eigenvalue weighted by Gasteiger charge is 2.14. The van der Waals surface area contributed by atoms with Gasteiger partial charge in [-0.3, -0.25) is 4.79 Å². The zero-order chi connectivity index (χ0) is 21.0. The molecule has 1 heterocycles. The summed E-state index contributed by atoms with van der Waals surface area (Å²) in [7, 11) is 0. The molecule has 0 spiro atoms. The maximum atomic E-state index is 12.1. The van der Waals surface area contributed by atoms with Crippen LogP contribution in [0.2, 0.25) is 0 Å². The Morgan fingerprint density at radius 2 is 1.93 bits per heavy atom. The van der Waals surface area contributed by atoms with Gasteiger partial charge < -0.3 is 24.3 Å². The van der Waals surface area contributed by atoms with Gasteiger partial charge in [-0.25, -0.2) is 0 Å². The van der Waals surface area contributed by atoms with Crippen LogP contribution in [-0.2, 0) is 9.53 Å². The summed E-state index contributed by atoms with van der Waals surface area (Å²) in [4.78, 5) is 12.1. The molecule has 6 nitrogen and oxygen atoms in total. The van der Waals surface area contributed by atoms with Gasteiger partial charge in [0.1, 0.15) is 19.0 Å². The summed E-state index contributed by atoms with van der Waals surface area (Å²) >= 11 is 0. The Balaban J connectivity index is 1.52. The fraction of sp³-hybridized carbons (Fsp3) is 0.375. The maximum Gasteiger partial charge on any atom is 0.244 e. The fourth-order valence-electron chi connectivity index (χ4n) is 3.12. The second kappa shape index (κ2) is 11.9. The quantitative estimate of drug-likeness (QED) is 0.475. The third-order valence-corrected chi connectivity index (χ3v) is 4.55. The largest absolute Gasteiger partial charge is 0.490 e. The van der Waals surface area contributed by atoms with E-state index in [2.05, 4.69) is 5.32 Å². The Hall–Kier alpha value is -2.99. The van der Waals surface area contributed by atoms with Crippen molar-refractivity contribution in [1.29, 1.82) is 0 Å². The van der Waals surface area contributed by atoms with Crippen LogP contribution in [0.3, 0.4) is 0 Å². The Kier molecular flexibility index (Phi) is 8.60. The lowest BCUT2D eigenvalue weighted by Crippen LogP contribution is -2.39. The molecule has 3 rings (SSSR count). The zero-order valence-corrected chi connectivity index (χ0v) is 17.3. The van der Waals surface area contributed by atoms with E-state index in [-0.39, 0.29) is 11.9 Å². The SMILES string of the molecule is CCOc1cc(/C=C/C(=O)NC2CCCOC2)ccc1OCCOc1ccccc1. The average Bonchev–Trinajstić information content (AvgIpc) is 2.78. The molecule has 0 aliphatic carbocycles. The predicted octanol–water partition coefficient (Wildman–Crippen LogP) is 3.85. The Bertz CT molecular complexity index is 816. The van der Waals surface area contributed by atoms with E-state index in [1.54, 1.807) is 6.08 Å². The van der Waals surface area contributed by atoms with E-state index in [1.165, 1.54) is 6.08 Å². The standard InChI is InChI=1S/C24H29NO5/c1-2-28-23-17-19(11-13-24(26)25-20-7-6-14-27-18-20)10-12-22(23)30-16-15-29-21-8-4-3-5-9-21/h3-5,8-13,17,20H,2,6-7,14-16,18H2,1H3,(H,25,26)/b13-11+. The molecule has 1 aliphatic rings. The molecule has 0 saturated carbocycles. The topological polar surface area (TPSA) is 66.0 Å². The van der Waals surface area contributed by atoms with E-state index in [1.807, 2.05) is 55.5 Å². The number of hydrogen-bond acceptors (Lipinski definition) is 5. The molecule has 2 aromatic rings. The second-order valence-electron chi connectivity index (χ2n) is 6.91. The number of rotatable bonds is 10. The normalized spacial score (nSPS) is 16.2. The molecule has 1 saturated heterocycles. The van der Waals surface area contributed by atoms with Crippen LogP contribution in [0.4, 0.5) is 0 Å². The molecule has 2 aromatic carbocycles. The molecule has 1 fully saturated rings. The van der Waals surface area contributed by atoms with Crippen molar-refractivity contribution >= 4 is 12.0 Å². The van der Waals surface area contributed by atoms with Crippen LogP contribution in [0, 0.1) is 0 Å². The number of ether oxygens (including phenoxy) is 4. The molecular weight excluding hydrogens is 382 g/mol. The first-order valence-electron chi connectivity index (χ1n) is 10.4. The van der Waals surface area contributed by atoms with Crippen LogP contribution >= 0.6 is 0 Å². The summed E-state index contributed by atoms with van der Waals surface area (Å²) in [6.45, 7) is 4.62. The van der Waals surface area contributed by atoms with Crippen molar-refractivity contribution in [3.63, 3.8) is 0 Å². The van der Waals surface area contributed by atoms with Crippen molar-refractivity contribution in [1.82, 2.24) is 5.32 Å². The first-order valence-corrected chi connectivity index (χ1v) is 10.4. The van der Waals surface area contributed by atoms with Gasteiger partial charge in [-0.05, 0) is 55.7 Å². The zero-order valence-electron chi connectivity index (χ0n) is 17.3. The van der Waals surface area contributed by atoms with E-state index in [0.717, 1.165) is 30.8 Å². The van der Waals surface area contributed by atoms with E-state index >= 15 is 0 Å². The van der Waals surface area contributed by atoms with Crippen molar-refractivity contribution in [2.75, 3.05) is 33.0 Å². The second-order valence-corrected chi connectivity index (χ2v) is 6.91. The molecule has 1 amide bonds. The molecule has 0 bridgehead atoms. The van der Waals surface area contributed by atoms with Gasteiger partial charge in [0, 0.05) is 12.7 Å². The molecule has 0 radical (unpaired) electrons. The smallest absolute Gasteiger partial charge is 0.244 e. The van der Waals surface area contributed by atoms with Gasteiger partial charge in [0.15, 0.2) is 11.5 Å². The van der Waals surface area contributed by atoms with Gasteiger partial charge in [0.25, 0.3) is 0 Å². The maximum absolute atomic E-state index is 12.1. The van der Waals surface area contributed by atoms with Crippen LogP contribution in [-0.4, -0.2) is 45.0 Å². The van der Waals surface area contributed by atoms with Crippen molar-refractivity contribution in [3.05, 3.63) is 60.2 Å². The summed E-state index contributed by atoms with van der Waals surface area (Å²) in [5, 5.41) is 2.97. The van der Waals surface area contributed by atoms with Gasteiger partial charge in [-0.15, -0.1) is 0 Å². The summed E-state index contributed by atoms with van der Waals surface area (Å²) in [6, 6.07) is 15.3. The van der Waals surface area contributed by atoms with Gasteiger partial charge in [0.2, 0.25) is 5.91 Å². The first-order chi connectivity index (χ1) is 14.7. The monoisotopic (exact) mass is 411 g/mol. The van der Waals surface area contributed by atoms with Crippen LogP contribution in [0.25, 0.3) is 6.08 Å². The van der Waals surface area contributed by atoms with Gasteiger partial charge in [-0.2, -0.15) is 0 Å². The molecular formula is C24H29NO5. The summed E-state index contributed by atoms with van der Waals surface area (Å²) in [5.41, 5.74) is 0.862. The van der Waals surface area contributed by atoms with Crippen molar-refractivity contribution in [2.24, 2.45) is 0 Å². The average molecular weight is 411 g/mol. The minimum absolute atomic E-state index is 0.0868.